The Hall–Kier alpha value is -0.840. The predicted octanol–water partition coefficient (Wildman–Crippen LogP) is 3.40. The number of allylic oxidation sites excluding steroid dienone is 4. The van der Waals surface area contributed by atoms with Crippen molar-refractivity contribution < 1.29 is 13.2 Å². The predicted molar refractivity (Wildman–Crippen MR) is 62.1 cm³/mol. The number of hydrogen-bond donors (Lipinski definition) is 1. The van der Waals surface area contributed by atoms with Gasteiger partial charge >= 0.3 is 6.18 Å². The number of halogens is 3. The second-order valence-corrected chi connectivity index (χ2v) is 4.80. The zero-order chi connectivity index (χ0) is 12.2. The zero-order valence-corrected chi connectivity index (χ0v) is 9.57. The Labute approximate surface area is 97.3 Å². The molecule has 0 aromatic carbocycles. The molecular formula is C11H14F3NS. The molecule has 1 unspecified atom stereocenters. The summed E-state index contributed by atoms with van der Waals surface area (Å²) in [5.74, 6) is 1.05. The summed E-state index contributed by atoms with van der Waals surface area (Å²) in [6.07, 6.45) is 1.56. The van der Waals surface area contributed by atoms with E-state index in [0.717, 1.165) is 30.2 Å². The summed E-state index contributed by atoms with van der Waals surface area (Å²) in [6, 6.07) is 0. The molecule has 1 fully saturated rings. The number of thioether (sulfide) groups is 1. The van der Waals surface area contributed by atoms with Gasteiger partial charge in [-0.3, -0.25) is 0 Å². The third-order valence-electron chi connectivity index (χ3n) is 2.32. The van der Waals surface area contributed by atoms with Gasteiger partial charge < -0.3 is 5.73 Å². The number of alkyl halides is 3. The first-order valence-corrected chi connectivity index (χ1v) is 5.98. The average molecular weight is 249 g/mol. The van der Waals surface area contributed by atoms with Crippen LogP contribution >= 0.6 is 11.8 Å². The van der Waals surface area contributed by atoms with E-state index in [0.29, 0.717) is 0 Å². The van der Waals surface area contributed by atoms with E-state index in [-0.39, 0.29) is 5.25 Å². The Morgan fingerprint density at radius 3 is 2.50 bits per heavy atom. The second-order valence-electron chi connectivity index (χ2n) is 3.49. The highest BCUT2D eigenvalue weighted by Gasteiger charge is 2.30. The molecule has 2 N–H and O–H groups in total. The van der Waals surface area contributed by atoms with Crippen molar-refractivity contribution in [2.45, 2.75) is 24.3 Å². The fourth-order valence-corrected chi connectivity index (χ4v) is 2.75. The molecule has 0 saturated carbocycles. The normalized spacial score (nSPS) is 23.6. The number of hydrogen-bond acceptors (Lipinski definition) is 2. The average Bonchev–Trinajstić information content (AvgIpc) is 2.70. The summed E-state index contributed by atoms with van der Waals surface area (Å²) in [7, 11) is 0. The molecule has 1 aliphatic heterocycles. The number of rotatable bonds is 3. The lowest BCUT2D eigenvalue weighted by Crippen LogP contribution is -2.18. The summed E-state index contributed by atoms with van der Waals surface area (Å²) in [5, 5.41) is 0.259. The van der Waals surface area contributed by atoms with Crippen LogP contribution in [0.1, 0.15) is 12.8 Å². The van der Waals surface area contributed by atoms with E-state index in [4.69, 9.17) is 5.73 Å². The fourth-order valence-electron chi connectivity index (χ4n) is 1.43. The van der Waals surface area contributed by atoms with E-state index in [1.54, 1.807) is 17.8 Å². The highest BCUT2D eigenvalue weighted by molar-refractivity contribution is 8.00. The topological polar surface area (TPSA) is 26.0 Å². The van der Waals surface area contributed by atoms with Gasteiger partial charge in [-0.25, -0.2) is 0 Å². The first kappa shape index (κ1) is 13.2. The van der Waals surface area contributed by atoms with Gasteiger partial charge in [0.1, 0.15) is 5.70 Å². The molecule has 1 aliphatic rings. The van der Waals surface area contributed by atoms with E-state index < -0.39 is 11.9 Å². The first-order valence-electron chi connectivity index (χ1n) is 4.93. The Bertz CT molecular complexity index is 312. The van der Waals surface area contributed by atoms with Crippen LogP contribution in [0.2, 0.25) is 0 Å². The molecule has 0 aromatic heterocycles. The molecule has 1 saturated heterocycles. The van der Waals surface area contributed by atoms with Crippen LogP contribution in [0.4, 0.5) is 13.2 Å². The molecule has 0 radical (unpaired) electrons. The Balaban J connectivity index is 2.76. The van der Waals surface area contributed by atoms with Crippen molar-refractivity contribution in [3.8, 4) is 0 Å². The maximum Gasteiger partial charge on any atom is 0.430 e. The second kappa shape index (κ2) is 5.48. The molecule has 16 heavy (non-hydrogen) atoms. The molecule has 0 bridgehead atoms. The molecule has 1 nitrogen and oxygen atoms in total. The monoisotopic (exact) mass is 249 g/mol. The maximum atomic E-state index is 12.1. The minimum atomic E-state index is -4.45. The lowest BCUT2D eigenvalue weighted by molar-refractivity contribution is -0.0926. The van der Waals surface area contributed by atoms with Crippen molar-refractivity contribution in [2.75, 3.05) is 5.75 Å². The summed E-state index contributed by atoms with van der Waals surface area (Å²) in [6.45, 7) is 3.61. The van der Waals surface area contributed by atoms with Crippen LogP contribution in [-0.4, -0.2) is 17.2 Å². The Kier molecular flexibility index (Phi) is 4.53. The molecule has 0 aliphatic carbocycles. The van der Waals surface area contributed by atoms with E-state index >= 15 is 0 Å². The van der Waals surface area contributed by atoms with Crippen molar-refractivity contribution in [1.82, 2.24) is 0 Å². The van der Waals surface area contributed by atoms with Gasteiger partial charge in [-0.05, 0) is 30.2 Å². The van der Waals surface area contributed by atoms with Crippen LogP contribution in [0.25, 0.3) is 0 Å². The van der Waals surface area contributed by atoms with Crippen molar-refractivity contribution in [1.29, 1.82) is 0 Å². The van der Waals surface area contributed by atoms with Crippen molar-refractivity contribution in [3.63, 3.8) is 0 Å². The van der Waals surface area contributed by atoms with Gasteiger partial charge in [0, 0.05) is 5.25 Å². The standard InChI is InChI=1S/C11H14F3NS/c1-2-8(9-4-3-7-16-9)5-6-10(15)11(12,13)14/h2,5-6,9H,1,3-4,7,15H2/b8-5+,10-6-. The molecule has 0 aromatic rings. The molecule has 0 amide bonds. The van der Waals surface area contributed by atoms with Crippen LogP contribution in [0.5, 0.6) is 0 Å². The molecule has 5 heteroatoms. The smallest absolute Gasteiger partial charge is 0.395 e. The van der Waals surface area contributed by atoms with E-state index in [1.165, 1.54) is 6.08 Å². The summed E-state index contributed by atoms with van der Waals surface area (Å²) in [5.41, 5.74) is 4.64. The minimum absolute atomic E-state index is 0.259. The summed E-state index contributed by atoms with van der Waals surface area (Å²) >= 11 is 1.74. The van der Waals surface area contributed by atoms with Gasteiger partial charge in [-0.2, -0.15) is 24.9 Å². The van der Waals surface area contributed by atoms with Gasteiger partial charge in [-0.15, -0.1) is 0 Å². The molecule has 1 heterocycles. The van der Waals surface area contributed by atoms with Gasteiger partial charge in [0.2, 0.25) is 0 Å². The SMILES string of the molecule is C=C/C(=C\C=C(/N)C(F)(F)F)C1CCCS1. The minimum Gasteiger partial charge on any atom is -0.395 e. The fraction of sp³-hybridized carbons (Fsp3) is 0.455. The Morgan fingerprint density at radius 2 is 2.06 bits per heavy atom. The summed E-state index contributed by atoms with van der Waals surface area (Å²) < 4.78 is 36.4. The van der Waals surface area contributed by atoms with Crippen molar-refractivity contribution in [2.24, 2.45) is 5.73 Å². The van der Waals surface area contributed by atoms with E-state index in [1.807, 2.05) is 0 Å². The summed E-state index contributed by atoms with van der Waals surface area (Å²) in [4.78, 5) is 0. The number of nitrogens with two attached hydrogens (primary N) is 1. The van der Waals surface area contributed by atoms with E-state index in [9.17, 15) is 13.2 Å². The first-order chi connectivity index (χ1) is 7.45. The van der Waals surface area contributed by atoms with Gasteiger partial charge in [0.05, 0.1) is 0 Å². The third-order valence-corrected chi connectivity index (χ3v) is 3.75. The van der Waals surface area contributed by atoms with E-state index in [2.05, 4.69) is 6.58 Å². The van der Waals surface area contributed by atoms with Crippen LogP contribution in [0.15, 0.2) is 36.1 Å². The molecular weight excluding hydrogens is 235 g/mol. The maximum absolute atomic E-state index is 12.1. The Morgan fingerprint density at radius 1 is 1.38 bits per heavy atom. The molecule has 1 rings (SSSR count). The van der Waals surface area contributed by atoms with Crippen LogP contribution in [-0.2, 0) is 0 Å². The van der Waals surface area contributed by atoms with Gasteiger partial charge in [0.15, 0.2) is 0 Å². The van der Waals surface area contributed by atoms with Crippen LogP contribution in [0, 0.1) is 0 Å². The van der Waals surface area contributed by atoms with Gasteiger partial charge in [-0.1, -0.05) is 18.7 Å². The largest absolute Gasteiger partial charge is 0.430 e. The van der Waals surface area contributed by atoms with Gasteiger partial charge in [0.25, 0.3) is 0 Å². The van der Waals surface area contributed by atoms with Crippen molar-refractivity contribution >= 4 is 11.8 Å². The quantitative estimate of drug-likeness (QED) is 0.776. The molecule has 1 atom stereocenters. The van der Waals surface area contributed by atoms with Crippen molar-refractivity contribution in [3.05, 3.63) is 36.1 Å². The molecule has 90 valence electrons. The highest BCUT2D eigenvalue weighted by atomic mass is 32.2. The molecule has 0 spiro atoms. The lowest BCUT2D eigenvalue weighted by atomic mass is 10.1. The lowest BCUT2D eigenvalue weighted by Gasteiger charge is -2.09. The van der Waals surface area contributed by atoms with Crippen LogP contribution < -0.4 is 5.73 Å². The van der Waals surface area contributed by atoms with Crippen LogP contribution in [0.3, 0.4) is 0 Å². The zero-order valence-electron chi connectivity index (χ0n) is 8.76. The third kappa shape index (κ3) is 3.63. The highest BCUT2D eigenvalue weighted by Crippen LogP contribution is 2.32.